The number of H-pyrrole nitrogens is 1. The topological polar surface area (TPSA) is 49.9 Å². The molecule has 0 unspecified atom stereocenters. The van der Waals surface area contributed by atoms with Crippen LogP contribution in [0.15, 0.2) is 23.1 Å². The van der Waals surface area contributed by atoms with E-state index in [1.165, 1.54) is 18.3 Å². The van der Waals surface area contributed by atoms with E-state index in [1.54, 1.807) is 0 Å². The Labute approximate surface area is 51.3 Å². The van der Waals surface area contributed by atoms with Gasteiger partial charge >= 0.3 is 0 Å². The fourth-order valence-corrected chi connectivity index (χ4v) is 0.534. The van der Waals surface area contributed by atoms with E-state index in [0.29, 0.717) is 11.8 Å². The molecule has 3 nitrogen and oxygen atoms in total. The molecule has 0 fully saturated rings. The van der Waals surface area contributed by atoms with Crippen molar-refractivity contribution in [3.63, 3.8) is 0 Å². The number of aromatic amines is 1. The molecule has 9 heavy (non-hydrogen) atoms. The first-order valence-corrected chi connectivity index (χ1v) is 2.47. The molecule has 46 valence electrons. The molecule has 0 saturated carbocycles. The van der Waals surface area contributed by atoms with Crippen molar-refractivity contribution >= 4 is 6.29 Å². The Bertz CT molecular complexity index is 264. The second kappa shape index (κ2) is 2.26. The van der Waals surface area contributed by atoms with E-state index in [-0.39, 0.29) is 5.56 Å². The molecule has 1 aromatic rings. The Hall–Kier alpha value is -1.38. The second-order valence-electron chi connectivity index (χ2n) is 1.60. The summed E-state index contributed by atoms with van der Waals surface area (Å²) in [6.07, 6.45) is 2.07. The molecule has 1 rings (SSSR count). The first-order valence-electron chi connectivity index (χ1n) is 2.47. The molecule has 0 aliphatic heterocycles. The van der Waals surface area contributed by atoms with E-state index in [1.807, 2.05) is 0 Å². The van der Waals surface area contributed by atoms with Gasteiger partial charge in [0.15, 0.2) is 0 Å². The van der Waals surface area contributed by atoms with Crippen LogP contribution < -0.4 is 5.56 Å². The summed E-state index contributed by atoms with van der Waals surface area (Å²) >= 11 is 0. The monoisotopic (exact) mass is 123 g/mol. The predicted molar refractivity (Wildman–Crippen MR) is 32.5 cm³/mol. The van der Waals surface area contributed by atoms with E-state index < -0.39 is 0 Å². The molecule has 0 aliphatic carbocycles. The lowest BCUT2D eigenvalue weighted by Crippen LogP contribution is -2.02. The lowest BCUT2D eigenvalue weighted by atomic mass is 10.3. The van der Waals surface area contributed by atoms with Crippen LogP contribution in [-0.4, -0.2) is 11.3 Å². The number of aromatic nitrogens is 1. The number of carbonyl (C=O) groups excluding carboxylic acids is 1. The molecule has 0 amide bonds. The van der Waals surface area contributed by atoms with Crippen LogP contribution in [0.25, 0.3) is 0 Å². The molecule has 1 N–H and O–H groups in total. The van der Waals surface area contributed by atoms with Crippen molar-refractivity contribution in [1.82, 2.24) is 4.98 Å². The fourth-order valence-electron chi connectivity index (χ4n) is 0.534. The van der Waals surface area contributed by atoms with E-state index in [4.69, 9.17) is 0 Å². The van der Waals surface area contributed by atoms with Crippen molar-refractivity contribution in [2.24, 2.45) is 0 Å². The number of aldehydes is 1. The van der Waals surface area contributed by atoms with Gasteiger partial charge in [-0.2, -0.15) is 0 Å². The molecule has 0 atom stereocenters. The molecule has 0 aliphatic rings. The molecule has 1 aromatic heterocycles. The Kier molecular flexibility index (Phi) is 1.44. The van der Waals surface area contributed by atoms with Crippen LogP contribution in [-0.2, 0) is 0 Å². The predicted octanol–water partition coefficient (Wildman–Crippen LogP) is 0.187. The first kappa shape index (κ1) is 5.75. The van der Waals surface area contributed by atoms with Crippen LogP contribution in [0.4, 0.5) is 0 Å². The highest BCUT2D eigenvalue weighted by atomic mass is 16.1. The van der Waals surface area contributed by atoms with Crippen LogP contribution in [0.1, 0.15) is 10.4 Å². The highest BCUT2D eigenvalue weighted by molar-refractivity contribution is 5.73. The van der Waals surface area contributed by atoms with Crippen molar-refractivity contribution in [3.8, 4) is 0 Å². The number of carbonyl (C=O) groups is 1. The van der Waals surface area contributed by atoms with Gasteiger partial charge in [0.25, 0.3) is 0 Å². The summed E-state index contributed by atoms with van der Waals surface area (Å²) in [5.74, 6) is 0. The zero-order valence-corrected chi connectivity index (χ0v) is 4.63. The van der Waals surface area contributed by atoms with Crippen LogP contribution >= 0.6 is 0 Å². The molecule has 0 spiro atoms. The van der Waals surface area contributed by atoms with E-state index >= 15 is 0 Å². The summed E-state index contributed by atoms with van der Waals surface area (Å²) in [5, 5.41) is 0. The van der Waals surface area contributed by atoms with Gasteiger partial charge in [-0.15, -0.1) is 0 Å². The Balaban J connectivity index is 3.23. The normalized spacial score (nSPS) is 8.89. The molecule has 0 radical (unpaired) electrons. The van der Waals surface area contributed by atoms with Crippen molar-refractivity contribution in [3.05, 3.63) is 34.2 Å². The van der Waals surface area contributed by atoms with Gasteiger partial charge in [0.1, 0.15) is 6.29 Å². The minimum Gasteiger partial charge on any atom is -0.329 e. The third-order valence-electron chi connectivity index (χ3n) is 0.935. The summed E-state index contributed by atoms with van der Waals surface area (Å²) in [7, 11) is 0. The highest BCUT2D eigenvalue weighted by Crippen LogP contribution is 1.83. The largest absolute Gasteiger partial charge is 0.329 e. The molecule has 0 saturated heterocycles. The van der Waals surface area contributed by atoms with Gasteiger partial charge in [-0.25, -0.2) is 0 Å². The number of hydrogen-bond acceptors (Lipinski definition) is 2. The van der Waals surface area contributed by atoms with Crippen LogP contribution in [0.2, 0.25) is 0 Å². The van der Waals surface area contributed by atoms with Crippen LogP contribution in [0.3, 0.4) is 0 Å². The lowest BCUT2D eigenvalue weighted by molar-refractivity contribution is 0.112. The van der Waals surface area contributed by atoms with E-state index in [0.717, 1.165) is 0 Å². The second-order valence-corrected chi connectivity index (χ2v) is 1.60. The van der Waals surface area contributed by atoms with Crippen molar-refractivity contribution in [1.29, 1.82) is 0 Å². The average molecular weight is 123 g/mol. The third kappa shape index (κ3) is 1.25. The van der Waals surface area contributed by atoms with Gasteiger partial charge in [0.2, 0.25) is 5.56 Å². The van der Waals surface area contributed by atoms with Gasteiger partial charge in [-0.05, 0) is 6.07 Å². The maximum absolute atomic E-state index is 10.4. The summed E-state index contributed by atoms with van der Waals surface area (Å²) in [6, 6.07) is 2.78. The Morgan fingerprint density at radius 2 is 2.33 bits per heavy atom. The van der Waals surface area contributed by atoms with Crippen molar-refractivity contribution < 1.29 is 4.79 Å². The molecular formula is C6H5NO2. The van der Waals surface area contributed by atoms with Gasteiger partial charge in [-0.1, -0.05) is 0 Å². The number of rotatable bonds is 1. The van der Waals surface area contributed by atoms with Gasteiger partial charge in [0.05, 0.1) is 0 Å². The number of hydrogen-bond donors (Lipinski definition) is 1. The summed E-state index contributed by atoms with van der Waals surface area (Å²) in [6.45, 7) is 0. The zero-order chi connectivity index (χ0) is 6.69. The Morgan fingerprint density at radius 1 is 1.56 bits per heavy atom. The first-order chi connectivity index (χ1) is 4.33. The standard InChI is InChI=1S/C6H5NO2/c8-4-5-1-2-7-6(9)3-5/h1-4H,(H,7,9). The van der Waals surface area contributed by atoms with Crippen molar-refractivity contribution in [2.45, 2.75) is 0 Å². The molecule has 1 heterocycles. The minimum absolute atomic E-state index is 0.250. The number of pyridine rings is 1. The van der Waals surface area contributed by atoms with Crippen LogP contribution in [0.5, 0.6) is 0 Å². The maximum Gasteiger partial charge on any atom is 0.248 e. The highest BCUT2D eigenvalue weighted by Gasteiger charge is 1.86. The third-order valence-corrected chi connectivity index (χ3v) is 0.935. The summed E-state index contributed by atoms with van der Waals surface area (Å²) in [4.78, 5) is 22.8. The van der Waals surface area contributed by atoms with Crippen LogP contribution in [0, 0.1) is 0 Å². The molecular weight excluding hydrogens is 118 g/mol. The van der Waals surface area contributed by atoms with Gasteiger partial charge in [-0.3, -0.25) is 9.59 Å². The molecule has 0 bridgehead atoms. The Morgan fingerprint density at radius 3 is 2.78 bits per heavy atom. The average Bonchev–Trinajstić information content (AvgIpc) is 1.88. The fraction of sp³-hybridized carbons (Fsp3) is 0. The zero-order valence-electron chi connectivity index (χ0n) is 4.63. The smallest absolute Gasteiger partial charge is 0.248 e. The molecule has 0 aromatic carbocycles. The minimum atomic E-state index is -0.250. The van der Waals surface area contributed by atoms with E-state index in [2.05, 4.69) is 4.98 Å². The quantitative estimate of drug-likeness (QED) is 0.542. The lowest BCUT2D eigenvalue weighted by Gasteiger charge is -1.82. The molecule has 3 heteroatoms. The van der Waals surface area contributed by atoms with Gasteiger partial charge in [0, 0.05) is 17.8 Å². The number of nitrogens with one attached hydrogen (secondary N) is 1. The van der Waals surface area contributed by atoms with Crippen molar-refractivity contribution in [2.75, 3.05) is 0 Å². The SMILES string of the molecule is O=Cc1cc[nH]c(=O)c1. The summed E-state index contributed by atoms with van der Waals surface area (Å²) < 4.78 is 0. The van der Waals surface area contributed by atoms with E-state index in [9.17, 15) is 9.59 Å². The van der Waals surface area contributed by atoms with Gasteiger partial charge < -0.3 is 4.98 Å². The maximum atomic E-state index is 10.4. The summed E-state index contributed by atoms with van der Waals surface area (Å²) in [5.41, 5.74) is 0.151.